The maximum atomic E-state index is 5.63. The van der Waals surface area contributed by atoms with Crippen molar-refractivity contribution in [1.82, 2.24) is 0 Å². The predicted octanol–water partition coefficient (Wildman–Crippen LogP) is 0.696. The highest BCUT2D eigenvalue weighted by atomic mass is 79.9. The summed E-state index contributed by atoms with van der Waals surface area (Å²) in [4.78, 5) is 0. The molecule has 60 valence electrons. The lowest BCUT2D eigenvalue weighted by Crippen LogP contribution is -2.09. The molecule has 0 amide bonds. The maximum Gasteiger partial charge on any atom is 0.0788 e. The van der Waals surface area contributed by atoms with Crippen LogP contribution in [0.25, 0.3) is 0 Å². The summed E-state index contributed by atoms with van der Waals surface area (Å²) in [6, 6.07) is 1.73. The highest BCUT2D eigenvalue weighted by molar-refractivity contribution is 9.10. The largest absolute Gasteiger partial charge is 0.397 e. The van der Waals surface area contributed by atoms with Crippen molar-refractivity contribution in [3.63, 3.8) is 0 Å². The molecule has 1 atom stereocenters. The van der Waals surface area contributed by atoms with Crippen molar-refractivity contribution in [2.75, 3.05) is 17.2 Å². The highest BCUT2D eigenvalue weighted by Crippen LogP contribution is 2.27. The Balaban J connectivity index is 3.46. The number of nitrogens with two attached hydrogens (primary N) is 3. The average Bonchev–Trinajstić information content (AvgIpc) is 1.97. The minimum Gasteiger partial charge on any atom is -0.397 e. The van der Waals surface area contributed by atoms with E-state index >= 15 is 0 Å². The lowest BCUT2D eigenvalue weighted by atomic mass is 10.2. The Hall–Kier alpha value is -0.470. The van der Waals surface area contributed by atoms with Crippen molar-refractivity contribution >= 4 is 47.5 Å². The molecule has 6 N–H and O–H groups in total. The first-order chi connectivity index (χ1) is 5.04. The number of hydrogen-bond acceptors (Lipinski definition) is 3. The van der Waals surface area contributed by atoms with E-state index in [1.54, 1.807) is 6.07 Å². The first kappa shape index (κ1) is 8.62. The van der Waals surface area contributed by atoms with E-state index in [1.807, 2.05) is 0 Å². The molecule has 5 heteroatoms. The van der Waals surface area contributed by atoms with Crippen LogP contribution in [-0.2, 0) is 0 Å². The Bertz CT molecular complexity index is 274. The number of nitrogen functional groups attached to an aromatic ring is 3. The van der Waals surface area contributed by atoms with E-state index in [-0.39, 0.29) is 0 Å². The quantitative estimate of drug-likeness (QED) is 0.456. The summed E-state index contributed by atoms with van der Waals surface area (Å²) in [5.41, 5.74) is 18.2. The molecular formula is C6H9BrN3P. The van der Waals surface area contributed by atoms with Crippen LogP contribution in [0.4, 0.5) is 17.1 Å². The molecule has 0 saturated carbocycles. The van der Waals surface area contributed by atoms with E-state index < -0.39 is 0 Å². The fraction of sp³-hybridized carbons (Fsp3) is 0. The van der Waals surface area contributed by atoms with Crippen LogP contribution in [0, 0.1) is 0 Å². The lowest BCUT2D eigenvalue weighted by molar-refractivity contribution is 1.66. The van der Waals surface area contributed by atoms with Crippen LogP contribution in [0.5, 0.6) is 0 Å². The molecule has 0 saturated heterocycles. The van der Waals surface area contributed by atoms with Crippen molar-refractivity contribution in [3.8, 4) is 0 Å². The van der Waals surface area contributed by atoms with Gasteiger partial charge < -0.3 is 17.2 Å². The Morgan fingerprint density at radius 1 is 1.18 bits per heavy atom. The molecule has 0 fully saturated rings. The third-order valence-corrected chi connectivity index (χ3v) is 3.13. The van der Waals surface area contributed by atoms with Crippen molar-refractivity contribution in [1.29, 1.82) is 0 Å². The van der Waals surface area contributed by atoms with Crippen LogP contribution >= 0.6 is 25.2 Å². The normalized spacial score (nSPS) is 10.0. The smallest absolute Gasteiger partial charge is 0.0788 e. The van der Waals surface area contributed by atoms with Crippen LogP contribution in [0.3, 0.4) is 0 Å². The minimum atomic E-state index is 0.443. The summed E-state index contributed by atoms with van der Waals surface area (Å²) in [7, 11) is 2.49. The maximum absolute atomic E-state index is 5.63. The van der Waals surface area contributed by atoms with E-state index in [4.69, 9.17) is 17.2 Å². The van der Waals surface area contributed by atoms with E-state index in [1.165, 1.54) is 0 Å². The monoisotopic (exact) mass is 233 g/mol. The van der Waals surface area contributed by atoms with Crippen molar-refractivity contribution < 1.29 is 0 Å². The Morgan fingerprint density at radius 2 is 1.73 bits per heavy atom. The second-order valence-corrected chi connectivity index (χ2v) is 3.62. The van der Waals surface area contributed by atoms with E-state index in [9.17, 15) is 0 Å². The zero-order chi connectivity index (χ0) is 8.59. The molecule has 0 aromatic heterocycles. The van der Waals surface area contributed by atoms with Gasteiger partial charge in [0.15, 0.2) is 0 Å². The third-order valence-electron chi connectivity index (χ3n) is 1.43. The van der Waals surface area contributed by atoms with Crippen LogP contribution in [0.1, 0.15) is 0 Å². The van der Waals surface area contributed by atoms with Gasteiger partial charge in [-0.05, 0) is 22.0 Å². The van der Waals surface area contributed by atoms with Crippen molar-refractivity contribution in [2.24, 2.45) is 0 Å². The zero-order valence-electron chi connectivity index (χ0n) is 5.76. The Morgan fingerprint density at radius 3 is 2.27 bits per heavy atom. The molecule has 0 spiro atoms. The molecule has 0 aliphatic rings. The molecule has 11 heavy (non-hydrogen) atoms. The van der Waals surface area contributed by atoms with Gasteiger partial charge in [-0.3, -0.25) is 0 Å². The second kappa shape index (κ2) is 2.88. The van der Waals surface area contributed by atoms with Crippen molar-refractivity contribution in [2.45, 2.75) is 0 Å². The van der Waals surface area contributed by atoms with Gasteiger partial charge in [0.2, 0.25) is 0 Å². The van der Waals surface area contributed by atoms with E-state index in [0.717, 1.165) is 9.78 Å². The summed E-state index contributed by atoms with van der Waals surface area (Å²) in [5.74, 6) is 0. The summed E-state index contributed by atoms with van der Waals surface area (Å²) in [5, 5.41) is 0.844. The van der Waals surface area contributed by atoms with Gasteiger partial charge in [-0.25, -0.2) is 0 Å². The van der Waals surface area contributed by atoms with Gasteiger partial charge in [-0.15, -0.1) is 9.24 Å². The zero-order valence-corrected chi connectivity index (χ0v) is 8.51. The molecule has 3 nitrogen and oxygen atoms in total. The molecular weight excluding hydrogens is 225 g/mol. The Kier molecular flexibility index (Phi) is 2.25. The fourth-order valence-electron chi connectivity index (χ4n) is 0.721. The molecule has 0 aliphatic heterocycles. The number of benzene rings is 1. The molecule has 1 rings (SSSR count). The molecule has 1 aromatic carbocycles. The summed E-state index contributed by atoms with van der Waals surface area (Å²) >= 11 is 3.29. The van der Waals surface area contributed by atoms with Crippen LogP contribution < -0.4 is 22.5 Å². The van der Waals surface area contributed by atoms with E-state index in [2.05, 4.69) is 25.2 Å². The number of anilines is 3. The van der Waals surface area contributed by atoms with Gasteiger partial charge in [0.1, 0.15) is 0 Å². The molecule has 1 unspecified atom stereocenters. The lowest BCUT2D eigenvalue weighted by Gasteiger charge is -2.08. The first-order valence-corrected chi connectivity index (χ1v) is 4.29. The topological polar surface area (TPSA) is 78.1 Å². The first-order valence-electron chi connectivity index (χ1n) is 2.92. The highest BCUT2D eigenvalue weighted by Gasteiger charge is 2.06. The molecule has 0 bridgehead atoms. The van der Waals surface area contributed by atoms with Gasteiger partial charge >= 0.3 is 0 Å². The minimum absolute atomic E-state index is 0.443. The van der Waals surface area contributed by atoms with Crippen molar-refractivity contribution in [3.05, 3.63) is 10.5 Å². The standard InChI is InChI=1S/C6H9BrN3P/c7-2-1-3(8)4(9)5(10)6(2)11/h1H,8-11H2. The fourth-order valence-corrected chi connectivity index (χ4v) is 1.42. The van der Waals surface area contributed by atoms with Gasteiger partial charge in [0, 0.05) is 9.78 Å². The number of rotatable bonds is 0. The summed E-state index contributed by atoms with van der Waals surface area (Å²) in [6.45, 7) is 0. The predicted molar refractivity (Wildman–Crippen MR) is 56.7 cm³/mol. The van der Waals surface area contributed by atoms with Crippen LogP contribution in [0.15, 0.2) is 10.5 Å². The molecule has 0 heterocycles. The molecule has 0 radical (unpaired) electrons. The number of halogens is 1. The summed E-state index contributed by atoms with van der Waals surface area (Å²) in [6.07, 6.45) is 0. The third kappa shape index (κ3) is 1.42. The molecule has 0 aliphatic carbocycles. The van der Waals surface area contributed by atoms with Crippen LogP contribution in [0.2, 0.25) is 0 Å². The van der Waals surface area contributed by atoms with Gasteiger partial charge in [-0.2, -0.15) is 0 Å². The average molecular weight is 234 g/mol. The van der Waals surface area contributed by atoms with Gasteiger partial charge in [0.25, 0.3) is 0 Å². The van der Waals surface area contributed by atoms with E-state index in [0.29, 0.717) is 17.1 Å². The van der Waals surface area contributed by atoms with Gasteiger partial charge in [-0.1, -0.05) is 0 Å². The Labute approximate surface area is 75.6 Å². The second-order valence-electron chi connectivity index (χ2n) is 2.19. The molecule has 1 aromatic rings. The number of hydrogen-bond donors (Lipinski definition) is 3. The van der Waals surface area contributed by atoms with Crippen LogP contribution in [-0.4, -0.2) is 0 Å². The SMILES string of the molecule is Nc1cc(Br)c(P)c(N)c1N. The van der Waals surface area contributed by atoms with Gasteiger partial charge in [0.05, 0.1) is 17.1 Å². The summed E-state index contributed by atoms with van der Waals surface area (Å²) < 4.78 is 0.853.